The zero-order chi connectivity index (χ0) is 8.85. The van der Waals surface area contributed by atoms with Crippen LogP contribution in [0.1, 0.15) is 5.56 Å². The molecule has 0 unspecified atom stereocenters. The number of hydrogen-bond donors (Lipinski definition) is 2. The molecule has 0 radical (unpaired) electrons. The van der Waals surface area contributed by atoms with Crippen LogP contribution in [0.3, 0.4) is 0 Å². The molecule has 0 heterocycles. The molecule has 3 nitrogen and oxygen atoms in total. The molecule has 0 aromatic heterocycles. The molecular formula is C8H12N2O. The van der Waals surface area contributed by atoms with E-state index in [9.17, 15) is 0 Å². The van der Waals surface area contributed by atoms with E-state index in [1.54, 1.807) is 6.07 Å². The highest BCUT2D eigenvalue weighted by molar-refractivity contribution is 5.55. The van der Waals surface area contributed by atoms with Crippen LogP contribution in [0.25, 0.3) is 0 Å². The van der Waals surface area contributed by atoms with Crippen molar-refractivity contribution in [1.29, 1.82) is 0 Å². The number of carbonyl (C=O) groups is 1. The van der Waals surface area contributed by atoms with E-state index < -0.39 is 0 Å². The molecule has 0 spiro atoms. The summed E-state index contributed by atoms with van der Waals surface area (Å²) in [4.78, 5) is 8.00. The first-order valence-corrected chi connectivity index (χ1v) is 3.10. The van der Waals surface area contributed by atoms with Gasteiger partial charge in [-0.1, -0.05) is 6.07 Å². The van der Waals surface area contributed by atoms with Gasteiger partial charge in [0.2, 0.25) is 0 Å². The van der Waals surface area contributed by atoms with E-state index in [0.29, 0.717) is 0 Å². The fourth-order valence-electron chi connectivity index (χ4n) is 0.659. The van der Waals surface area contributed by atoms with Crippen molar-refractivity contribution in [1.82, 2.24) is 0 Å². The Morgan fingerprint density at radius 2 is 1.82 bits per heavy atom. The topological polar surface area (TPSA) is 69.1 Å². The van der Waals surface area contributed by atoms with Crippen molar-refractivity contribution in [3.63, 3.8) is 0 Å². The van der Waals surface area contributed by atoms with Gasteiger partial charge in [-0.05, 0) is 24.6 Å². The van der Waals surface area contributed by atoms with Crippen LogP contribution < -0.4 is 11.5 Å². The summed E-state index contributed by atoms with van der Waals surface area (Å²) in [5.74, 6) is 0. The molecule has 1 aromatic carbocycles. The predicted octanol–water partition coefficient (Wildman–Crippen LogP) is 0.975. The molecule has 0 saturated carbocycles. The molecule has 3 heteroatoms. The first-order valence-electron chi connectivity index (χ1n) is 3.10. The maximum atomic E-state index is 8.00. The molecule has 0 fully saturated rings. The summed E-state index contributed by atoms with van der Waals surface area (Å²) in [6.07, 6.45) is 0. The van der Waals surface area contributed by atoms with Crippen molar-refractivity contribution in [2.75, 3.05) is 11.5 Å². The third kappa shape index (κ3) is 2.71. The van der Waals surface area contributed by atoms with Crippen LogP contribution in [0.15, 0.2) is 18.2 Å². The van der Waals surface area contributed by atoms with E-state index in [-0.39, 0.29) is 0 Å². The smallest absolute Gasteiger partial charge is 0.106 e. The Morgan fingerprint density at radius 1 is 1.27 bits per heavy atom. The minimum atomic E-state index is 0.720. The average molecular weight is 152 g/mol. The van der Waals surface area contributed by atoms with Crippen molar-refractivity contribution in [2.45, 2.75) is 6.92 Å². The van der Waals surface area contributed by atoms with Crippen LogP contribution in [0.5, 0.6) is 0 Å². The van der Waals surface area contributed by atoms with Gasteiger partial charge in [-0.3, -0.25) is 0 Å². The number of aryl methyl sites for hydroxylation is 1. The second-order valence-corrected chi connectivity index (χ2v) is 2.12. The molecular weight excluding hydrogens is 140 g/mol. The standard InChI is InChI=1S/C7H10N2.CH2O/c1-5-2-3-6(8)4-7(5)9;1-2/h2-4H,8-9H2,1H3;1H2. The van der Waals surface area contributed by atoms with E-state index in [1.807, 2.05) is 25.8 Å². The van der Waals surface area contributed by atoms with Crippen molar-refractivity contribution in [3.05, 3.63) is 23.8 Å². The summed E-state index contributed by atoms with van der Waals surface area (Å²) in [7, 11) is 0. The molecule has 0 aliphatic rings. The SMILES string of the molecule is C=O.Cc1ccc(N)cc1N. The van der Waals surface area contributed by atoms with Crippen LogP contribution >= 0.6 is 0 Å². The van der Waals surface area contributed by atoms with Gasteiger partial charge in [-0.15, -0.1) is 0 Å². The number of nitrogens with two attached hydrogens (primary N) is 2. The summed E-state index contributed by atoms with van der Waals surface area (Å²) in [6, 6.07) is 5.51. The van der Waals surface area contributed by atoms with Gasteiger partial charge in [0, 0.05) is 11.4 Å². The Kier molecular flexibility index (Phi) is 3.73. The molecule has 1 rings (SSSR count). The van der Waals surface area contributed by atoms with Crippen molar-refractivity contribution in [2.24, 2.45) is 0 Å². The molecule has 0 aliphatic heterocycles. The monoisotopic (exact) mass is 152 g/mol. The Bertz CT molecular complexity index is 236. The third-order valence-corrected chi connectivity index (χ3v) is 1.30. The van der Waals surface area contributed by atoms with E-state index in [1.165, 1.54) is 0 Å². The Balaban J connectivity index is 0.000000461. The van der Waals surface area contributed by atoms with Crippen LogP contribution in [0, 0.1) is 6.92 Å². The highest BCUT2D eigenvalue weighted by Gasteiger charge is 1.90. The van der Waals surface area contributed by atoms with Gasteiger partial charge in [0.1, 0.15) is 6.79 Å². The number of anilines is 2. The molecule has 0 aliphatic carbocycles. The van der Waals surface area contributed by atoms with E-state index >= 15 is 0 Å². The maximum absolute atomic E-state index is 8.00. The van der Waals surface area contributed by atoms with Crippen LogP contribution in [-0.4, -0.2) is 6.79 Å². The number of rotatable bonds is 0. The third-order valence-electron chi connectivity index (χ3n) is 1.30. The molecule has 0 atom stereocenters. The fraction of sp³-hybridized carbons (Fsp3) is 0.125. The van der Waals surface area contributed by atoms with Gasteiger partial charge in [-0.2, -0.15) is 0 Å². The number of hydrogen-bond acceptors (Lipinski definition) is 3. The lowest BCUT2D eigenvalue weighted by atomic mass is 10.2. The van der Waals surface area contributed by atoms with E-state index in [0.717, 1.165) is 16.9 Å². The highest BCUT2D eigenvalue weighted by atomic mass is 16.1. The lowest BCUT2D eigenvalue weighted by molar-refractivity contribution is -0.0979. The quantitative estimate of drug-likeness (QED) is 0.544. The zero-order valence-electron chi connectivity index (χ0n) is 6.50. The Hall–Kier alpha value is -1.51. The first-order chi connectivity index (χ1) is 5.20. The molecule has 0 saturated heterocycles. The van der Waals surface area contributed by atoms with Crippen LogP contribution in [-0.2, 0) is 4.79 Å². The minimum Gasteiger partial charge on any atom is -0.399 e. The minimum absolute atomic E-state index is 0.720. The zero-order valence-corrected chi connectivity index (χ0v) is 6.50. The highest BCUT2D eigenvalue weighted by Crippen LogP contribution is 2.13. The largest absolute Gasteiger partial charge is 0.399 e. The summed E-state index contributed by atoms with van der Waals surface area (Å²) < 4.78 is 0. The number of carbonyl (C=O) groups excluding carboxylic acids is 1. The normalized spacial score (nSPS) is 8.09. The van der Waals surface area contributed by atoms with Gasteiger partial charge in [0.25, 0.3) is 0 Å². The summed E-state index contributed by atoms with van der Waals surface area (Å²) in [5.41, 5.74) is 13.5. The molecule has 4 N–H and O–H groups in total. The van der Waals surface area contributed by atoms with Crippen LogP contribution in [0.4, 0.5) is 11.4 Å². The van der Waals surface area contributed by atoms with Gasteiger partial charge >= 0.3 is 0 Å². The predicted molar refractivity (Wildman–Crippen MR) is 47.1 cm³/mol. The number of nitrogen functional groups attached to an aromatic ring is 2. The van der Waals surface area contributed by atoms with Gasteiger partial charge in [0.05, 0.1) is 0 Å². The van der Waals surface area contributed by atoms with E-state index in [4.69, 9.17) is 16.3 Å². The summed E-state index contributed by atoms with van der Waals surface area (Å²) in [5, 5.41) is 0. The van der Waals surface area contributed by atoms with Gasteiger partial charge in [0.15, 0.2) is 0 Å². The van der Waals surface area contributed by atoms with Crippen molar-refractivity contribution >= 4 is 18.2 Å². The lowest BCUT2D eigenvalue weighted by Crippen LogP contribution is -1.91. The second-order valence-electron chi connectivity index (χ2n) is 2.12. The molecule has 1 aromatic rings. The average Bonchev–Trinajstić information content (AvgIpc) is 2.02. The van der Waals surface area contributed by atoms with E-state index in [2.05, 4.69) is 0 Å². The molecule has 0 bridgehead atoms. The van der Waals surface area contributed by atoms with Crippen molar-refractivity contribution in [3.8, 4) is 0 Å². The fourth-order valence-corrected chi connectivity index (χ4v) is 0.659. The molecule has 11 heavy (non-hydrogen) atoms. The summed E-state index contributed by atoms with van der Waals surface area (Å²) in [6.45, 7) is 3.95. The maximum Gasteiger partial charge on any atom is 0.106 e. The molecule has 0 amide bonds. The Morgan fingerprint density at radius 3 is 2.18 bits per heavy atom. The number of benzene rings is 1. The van der Waals surface area contributed by atoms with Gasteiger partial charge in [-0.25, -0.2) is 0 Å². The Labute approximate surface area is 66.0 Å². The lowest BCUT2D eigenvalue weighted by Gasteiger charge is -1.98. The van der Waals surface area contributed by atoms with Gasteiger partial charge < -0.3 is 16.3 Å². The van der Waals surface area contributed by atoms with Crippen LogP contribution in [0.2, 0.25) is 0 Å². The summed E-state index contributed by atoms with van der Waals surface area (Å²) >= 11 is 0. The van der Waals surface area contributed by atoms with Crippen molar-refractivity contribution < 1.29 is 4.79 Å². The first kappa shape index (κ1) is 9.49. The molecule has 60 valence electrons. The second kappa shape index (κ2) is 4.33.